The van der Waals surface area contributed by atoms with Crippen LogP contribution < -0.4 is 15.5 Å². The molecule has 94 valence electrons. The van der Waals surface area contributed by atoms with Crippen molar-refractivity contribution in [2.45, 2.75) is 6.92 Å². The molecule has 1 rings (SSSR count). The van der Waals surface area contributed by atoms with Gasteiger partial charge in [0.25, 0.3) is 0 Å². The van der Waals surface area contributed by atoms with E-state index in [1.165, 1.54) is 11.0 Å². The van der Waals surface area contributed by atoms with Crippen molar-refractivity contribution in [2.24, 2.45) is 0 Å². The van der Waals surface area contributed by atoms with Crippen LogP contribution in [0.25, 0.3) is 0 Å². The van der Waals surface area contributed by atoms with Gasteiger partial charge in [-0.15, -0.1) is 0 Å². The van der Waals surface area contributed by atoms with Crippen molar-refractivity contribution in [2.75, 3.05) is 32.5 Å². The number of thiocarbonyl (C=S) groups is 1. The summed E-state index contributed by atoms with van der Waals surface area (Å²) in [4.78, 5) is 1.35. The molecular weight excluding hydrogens is 237 g/mol. The van der Waals surface area contributed by atoms with Crippen molar-refractivity contribution >= 4 is 23.0 Å². The molecule has 1 aromatic rings. The van der Waals surface area contributed by atoms with Crippen molar-refractivity contribution in [3.63, 3.8) is 0 Å². The Morgan fingerprint density at radius 3 is 2.71 bits per heavy atom. The van der Waals surface area contributed by atoms with Gasteiger partial charge in [-0.05, 0) is 36.8 Å². The Kier molecular flexibility index (Phi) is 5.31. The van der Waals surface area contributed by atoms with Crippen LogP contribution in [0.4, 0.5) is 10.1 Å². The van der Waals surface area contributed by atoms with Gasteiger partial charge < -0.3 is 15.5 Å². The van der Waals surface area contributed by atoms with Crippen molar-refractivity contribution in [1.29, 1.82) is 0 Å². The lowest BCUT2D eigenvalue weighted by molar-refractivity contribution is -0.856. The first-order valence-electron chi connectivity index (χ1n) is 5.59. The highest BCUT2D eigenvalue weighted by molar-refractivity contribution is 7.80. The van der Waals surface area contributed by atoms with E-state index >= 15 is 0 Å². The maximum absolute atomic E-state index is 13.3. The van der Waals surface area contributed by atoms with Crippen LogP contribution in [0.5, 0.6) is 0 Å². The Morgan fingerprint density at radius 2 is 2.12 bits per heavy atom. The van der Waals surface area contributed by atoms with E-state index in [0.717, 1.165) is 13.1 Å². The molecule has 0 amide bonds. The lowest BCUT2D eigenvalue weighted by Crippen LogP contribution is -3.06. The molecule has 5 heteroatoms. The first kappa shape index (κ1) is 13.9. The summed E-state index contributed by atoms with van der Waals surface area (Å²) in [5.74, 6) is -0.226. The molecule has 0 atom stereocenters. The van der Waals surface area contributed by atoms with Crippen LogP contribution in [0, 0.1) is 12.7 Å². The lowest BCUT2D eigenvalue weighted by Gasteiger charge is -2.12. The minimum Gasteiger partial charge on any atom is -0.357 e. The molecule has 1 aromatic carbocycles. The van der Waals surface area contributed by atoms with Crippen LogP contribution in [-0.4, -0.2) is 32.3 Å². The van der Waals surface area contributed by atoms with Gasteiger partial charge in [-0.2, -0.15) is 0 Å². The Bertz CT molecular complexity index is 393. The average Bonchev–Trinajstić information content (AvgIpc) is 2.23. The number of nitrogens with one attached hydrogen (secondary N) is 3. The summed E-state index contributed by atoms with van der Waals surface area (Å²) in [5, 5.41) is 6.55. The Balaban J connectivity index is 2.42. The molecule has 0 saturated carbocycles. The van der Waals surface area contributed by atoms with Gasteiger partial charge in [0.05, 0.1) is 27.2 Å². The van der Waals surface area contributed by atoms with Crippen LogP contribution in [0.1, 0.15) is 5.56 Å². The third-order valence-corrected chi connectivity index (χ3v) is 2.59. The molecule has 0 saturated heterocycles. The average molecular weight is 256 g/mol. The molecule has 0 fully saturated rings. The summed E-state index contributed by atoms with van der Waals surface area (Å²) >= 11 is 5.11. The predicted molar refractivity (Wildman–Crippen MR) is 73.0 cm³/mol. The normalized spacial score (nSPS) is 10.4. The second-order valence-corrected chi connectivity index (χ2v) is 4.71. The minimum absolute atomic E-state index is 0.226. The van der Waals surface area contributed by atoms with E-state index in [9.17, 15) is 4.39 Å². The van der Waals surface area contributed by atoms with E-state index in [4.69, 9.17) is 12.2 Å². The monoisotopic (exact) mass is 256 g/mol. The maximum Gasteiger partial charge on any atom is 0.170 e. The highest BCUT2D eigenvalue weighted by Gasteiger charge is 2.01. The lowest BCUT2D eigenvalue weighted by atomic mass is 10.2. The van der Waals surface area contributed by atoms with E-state index in [2.05, 4.69) is 24.7 Å². The fourth-order valence-corrected chi connectivity index (χ4v) is 1.49. The molecule has 0 unspecified atom stereocenters. The van der Waals surface area contributed by atoms with Crippen LogP contribution >= 0.6 is 12.2 Å². The number of anilines is 1. The molecule has 3 nitrogen and oxygen atoms in total. The summed E-state index contributed by atoms with van der Waals surface area (Å²) in [6.45, 7) is 3.50. The largest absolute Gasteiger partial charge is 0.357 e. The number of rotatable bonds is 4. The van der Waals surface area contributed by atoms with Crippen LogP contribution in [0.3, 0.4) is 0 Å². The molecule has 17 heavy (non-hydrogen) atoms. The summed E-state index contributed by atoms with van der Waals surface area (Å²) in [6, 6.07) is 4.98. The smallest absolute Gasteiger partial charge is 0.170 e. The van der Waals surface area contributed by atoms with Gasteiger partial charge in [0.1, 0.15) is 5.82 Å². The van der Waals surface area contributed by atoms with Gasteiger partial charge in [-0.1, -0.05) is 6.07 Å². The molecule has 0 radical (unpaired) electrons. The second kappa shape index (κ2) is 6.51. The SMILES string of the molecule is Cc1ccc(NC(=S)NCC[NH+](C)C)cc1F. The number of benzene rings is 1. The quantitative estimate of drug-likeness (QED) is 0.688. The first-order valence-corrected chi connectivity index (χ1v) is 6.00. The Labute approximate surface area is 107 Å². The van der Waals surface area contributed by atoms with Crippen LogP contribution in [-0.2, 0) is 0 Å². The Morgan fingerprint density at radius 1 is 1.41 bits per heavy atom. The van der Waals surface area contributed by atoms with Gasteiger partial charge in [0.2, 0.25) is 0 Å². The van der Waals surface area contributed by atoms with Crippen LogP contribution in [0.15, 0.2) is 18.2 Å². The summed E-state index contributed by atoms with van der Waals surface area (Å²) in [5.41, 5.74) is 1.30. The van der Waals surface area contributed by atoms with Crippen molar-refractivity contribution < 1.29 is 9.29 Å². The van der Waals surface area contributed by atoms with Gasteiger partial charge >= 0.3 is 0 Å². The minimum atomic E-state index is -0.226. The number of quaternary nitrogens is 1. The number of hydrogen-bond acceptors (Lipinski definition) is 1. The van der Waals surface area contributed by atoms with E-state index in [-0.39, 0.29) is 5.82 Å². The van der Waals surface area contributed by atoms with Gasteiger partial charge in [0.15, 0.2) is 5.11 Å². The molecule has 0 heterocycles. The molecule has 0 aromatic heterocycles. The summed E-state index contributed by atoms with van der Waals surface area (Å²) in [6.07, 6.45) is 0. The number of halogens is 1. The number of aryl methyl sites for hydroxylation is 1. The van der Waals surface area contributed by atoms with Crippen LogP contribution in [0.2, 0.25) is 0 Å². The highest BCUT2D eigenvalue weighted by atomic mass is 32.1. The zero-order valence-electron chi connectivity index (χ0n) is 10.4. The molecule has 0 aliphatic heterocycles. The Hall–Kier alpha value is -1.20. The molecule has 3 N–H and O–H groups in total. The molecule has 0 spiro atoms. The number of likely N-dealkylation sites (N-methyl/N-ethyl adjacent to an activating group) is 1. The van der Waals surface area contributed by atoms with Crippen molar-refractivity contribution in [1.82, 2.24) is 5.32 Å². The third-order valence-electron chi connectivity index (χ3n) is 2.34. The van der Waals surface area contributed by atoms with E-state index in [0.29, 0.717) is 16.4 Å². The second-order valence-electron chi connectivity index (χ2n) is 4.30. The predicted octanol–water partition coefficient (Wildman–Crippen LogP) is 0.565. The van der Waals surface area contributed by atoms with E-state index < -0.39 is 0 Å². The standard InChI is InChI=1S/C12H18FN3S/c1-9-4-5-10(8-11(9)13)15-12(17)14-6-7-16(2)3/h4-5,8H,6-7H2,1-3H3,(H2,14,15,17)/p+1. The fraction of sp³-hybridized carbons (Fsp3) is 0.417. The molecular formula is C12H19FN3S+. The van der Waals surface area contributed by atoms with Gasteiger partial charge in [0, 0.05) is 5.69 Å². The van der Waals surface area contributed by atoms with Crippen molar-refractivity contribution in [3.8, 4) is 0 Å². The maximum atomic E-state index is 13.3. The third kappa shape index (κ3) is 5.10. The number of hydrogen-bond donors (Lipinski definition) is 3. The van der Waals surface area contributed by atoms with E-state index in [1.54, 1.807) is 13.0 Å². The molecule has 0 aliphatic carbocycles. The molecule has 0 bridgehead atoms. The molecule has 0 aliphatic rings. The topological polar surface area (TPSA) is 28.5 Å². The fourth-order valence-electron chi connectivity index (χ4n) is 1.27. The van der Waals surface area contributed by atoms with Crippen molar-refractivity contribution in [3.05, 3.63) is 29.6 Å². The summed E-state index contributed by atoms with van der Waals surface area (Å²) < 4.78 is 13.3. The first-order chi connectivity index (χ1) is 7.99. The summed E-state index contributed by atoms with van der Waals surface area (Å²) in [7, 11) is 4.15. The zero-order chi connectivity index (χ0) is 12.8. The van der Waals surface area contributed by atoms with Gasteiger partial charge in [-0.25, -0.2) is 4.39 Å². The van der Waals surface area contributed by atoms with Gasteiger partial charge in [-0.3, -0.25) is 0 Å². The van der Waals surface area contributed by atoms with E-state index in [1.807, 2.05) is 6.07 Å². The highest BCUT2D eigenvalue weighted by Crippen LogP contribution is 2.13. The zero-order valence-corrected chi connectivity index (χ0v) is 11.2.